The van der Waals surface area contributed by atoms with Gasteiger partial charge in [0.25, 0.3) is 5.56 Å². The molecule has 0 saturated heterocycles. The fourth-order valence-electron chi connectivity index (χ4n) is 4.10. The molecule has 3 aromatic heterocycles. The van der Waals surface area contributed by atoms with Crippen molar-refractivity contribution in [3.05, 3.63) is 53.1 Å². The lowest BCUT2D eigenvalue weighted by Gasteiger charge is -2.36. The minimum atomic E-state index is -0.237. The molecule has 3 heterocycles. The van der Waals surface area contributed by atoms with Crippen LogP contribution in [0, 0.1) is 0 Å². The monoisotopic (exact) mass is 390 g/mol. The smallest absolute Gasteiger partial charge is 0.267 e. The highest BCUT2D eigenvalue weighted by molar-refractivity contribution is 6.02. The average molecular weight is 390 g/mol. The highest BCUT2D eigenvalue weighted by Crippen LogP contribution is 2.31. The number of nitrogens with one attached hydrogen (secondary N) is 2. The molecule has 148 valence electrons. The van der Waals surface area contributed by atoms with Crippen molar-refractivity contribution >= 4 is 27.9 Å². The molecule has 0 bridgehead atoms. The number of aromatic nitrogens is 5. The lowest BCUT2D eigenvalue weighted by Crippen LogP contribution is -2.40. The fraction of sp³-hybridized carbons (Fsp3) is 0.333. The van der Waals surface area contributed by atoms with E-state index in [1.807, 2.05) is 30.3 Å². The number of rotatable bonds is 3. The van der Waals surface area contributed by atoms with E-state index in [2.05, 4.69) is 27.4 Å². The number of aromatic amines is 1. The third-order valence-electron chi connectivity index (χ3n) is 5.81. The Balaban J connectivity index is 1.68. The second-order valence-electron chi connectivity index (χ2n) is 7.98. The topological polar surface area (TPSA) is 109 Å². The Morgan fingerprint density at radius 1 is 1.17 bits per heavy atom. The van der Waals surface area contributed by atoms with Crippen molar-refractivity contribution in [3.8, 4) is 5.69 Å². The molecule has 1 aliphatic carbocycles. The number of benzene rings is 1. The Morgan fingerprint density at radius 3 is 2.69 bits per heavy atom. The zero-order valence-electron chi connectivity index (χ0n) is 16.1. The summed E-state index contributed by atoms with van der Waals surface area (Å²) in [4.78, 5) is 22.4. The van der Waals surface area contributed by atoms with Crippen molar-refractivity contribution in [2.75, 3.05) is 5.32 Å². The molecule has 8 heteroatoms. The van der Waals surface area contributed by atoms with Gasteiger partial charge in [0.1, 0.15) is 0 Å². The number of aliphatic hydroxyl groups excluding tert-OH is 1. The van der Waals surface area contributed by atoms with E-state index in [0.717, 1.165) is 36.8 Å². The van der Waals surface area contributed by atoms with E-state index < -0.39 is 0 Å². The molecule has 0 atom stereocenters. The Morgan fingerprint density at radius 2 is 1.93 bits per heavy atom. The summed E-state index contributed by atoms with van der Waals surface area (Å²) < 4.78 is 1.60. The van der Waals surface area contributed by atoms with Crippen LogP contribution in [0.1, 0.15) is 32.6 Å². The SMILES string of the molecule is CC1(Nc2ncc3c4[nH]ncc4c(=O)n(-c4ccccc4)c3n2)CCC(O)CC1. The van der Waals surface area contributed by atoms with Crippen LogP contribution < -0.4 is 10.9 Å². The molecule has 29 heavy (non-hydrogen) atoms. The van der Waals surface area contributed by atoms with Crippen molar-refractivity contribution in [2.45, 2.75) is 44.2 Å². The number of H-pyrrole nitrogens is 1. The normalized spacial score (nSPS) is 22.2. The van der Waals surface area contributed by atoms with Crippen LogP contribution in [0.25, 0.3) is 27.6 Å². The predicted molar refractivity (Wildman–Crippen MR) is 111 cm³/mol. The van der Waals surface area contributed by atoms with Gasteiger partial charge in [0.2, 0.25) is 5.95 Å². The van der Waals surface area contributed by atoms with E-state index in [0.29, 0.717) is 22.5 Å². The van der Waals surface area contributed by atoms with Crippen LogP contribution in [0.3, 0.4) is 0 Å². The summed E-state index contributed by atoms with van der Waals surface area (Å²) in [6, 6.07) is 9.45. The molecular weight excluding hydrogens is 368 g/mol. The van der Waals surface area contributed by atoms with Crippen molar-refractivity contribution in [1.82, 2.24) is 24.7 Å². The van der Waals surface area contributed by atoms with Crippen molar-refractivity contribution < 1.29 is 5.11 Å². The highest BCUT2D eigenvalue weighted by Gasteiger charge is 2.31. The summed E-state index contributed by atoms with van der Waals surface area (Å²) in [6.45, 7) is 2.12. The van der Waals surface area contributed by atoms with Gasteiger partial charge in [-0.05, 0) is 44.7 Å². The lowest BCUT2D eigenvalue weighted by atomic mass is 9.82. The molecule has 0 unspecified atom stereocenters. The summed E-state index contributed by atoms with van der Waals surface area (Å²) >= 11 is 0. The van der Waals surface area contributed by atoms with Gasteiger partial charge in [-0.25, -0.2) is 4.98 Å². The molecule has 4 aromatic rings. The lowest BCUT2D eigenvalue weighted by molar-refractivity contribution is 0.107. The summed E-state index contributed by atoms with van der Waals surface area (Å²) in [5.41, 5.74) is 1.53. The molecule has 1 fully saturated rings. The zero-order valence-corrected chi connectivity index (χ0v) is 16.1. The third-order valence-corrected chi connectivity index (χ3v) is 5.81. The maximum Gasteiger partial charge on any atom is 0.267 e. The van der Waals surface area contributed by atoms with Crippen LogP contribution >= 0.6 is 0 Å². The second kappa shape index (κ2) is 6.66. The first-order valence-electron chi connectivity index (χ1n) is 9.81. The Bertz CT molecular complexity index is 1240. The average Bonchev–Trinajstić information content (AvgIpc) is 3.22. The van der Waals surface area contributed by atoms with E-state index >= 15 is 0 Å². The van der Waals surface area contributed by atoms with E-state index in [1.54, 1.807) is 10.8 Å². The number of hydrogen-bond donors (Lipinski definition) is 3. The molecular formula is C21H22N6O2. The molecule has 8 nitrogen and oxygen atoms in total. The first-order chi connectivity index (χ1) is 14.0. The maximum atomic E-state index is 13.2. The second-order valence-corrected chi connectivity index (χ2v) is 7.98. The van der Waals surface area contributed by atoms with Crippen LogP contribution in [0.5, 0.6) is 0 Å². The number of hydrogen-bond acceptors (Lipinski definition) is 6. The number of anilines is 1. The van der Waals surface area contributed by atoms with E-state index in [9.17, 15) is 9.90 Å². The van der Waals surface area contributed by atoms with Gasteiger partial charge >= 0.3 is 0 Å². The van der Waals surface area contributed by atoms with Crippen LogP contribution in [-0.2, 0) is 0 Å². The number of para-hydroxylation sites is 1. The molecule has 0 spiro atoms. The molecule has 1 aromatic carbocycles. The molecule has 3 N–H and O–H groups in total. The standard InChI is InChI=1S/C21H22N6O2/c1-21(9-7-14(28)8-10-21)25-20-22-11-15-17-16(12-23-26-17)19(29)27(18(15)24-20)13-5-3-2-4-6-13/h2-6,11-12,14,28H,7-10H2,1H3,(H,23,26)(H,22,24,25). The van der Waals surface area contributed by atoms with E-state index in [4.69, 9.17) is 4.98 Å². The minimum Gasteiger partial charge on any atom is -0.393 e. The predicted octanol–water partition coefficient (Wildman–Crippen LogP) is 2.76. The molecule has 0 radical (unpaired) electrons. The first kappa shape index (κ1) is 17.8. The Labute approximate surface area is 166 Å². The fourth-order valence-corrected chi connectivity index (χ4v) is 4.10. The van der Waals surface area contributed by atoms with Gasteiger partial charge in [0.15, 0.2) is 5.65 Å². The van der Waals surface area contributed by atoms with E-state index in [-0.39, 0.29) is 17.2 Å². The van der Waals surface area contributed by atoms with Gasteiger partial charge in [-0.1, -0.05) is 18.2 Å². The van der Waals surface area contributed by atoms with Gasteiger partial charge in [-0.15, -0.1) is 0 Å². The van der Waals surface area contributed by atoms with Crippen LogP contribution in [0.15, 0.2) is 47.5 Å². The number of aliphatic hydroxyl groups is 1. The van der Waals surface area contributed by atoms with Crippen LogP contribution in [0.4, 0.5) is 5.95 Å². The summed E-state index contributed by atoms with van der Waals surface area (Å²) in [5.74, 6) is 0.472. The van der Waals surface area contributed by atoms with Crippen LogP contribution in [-0.4, -0.2) is 41.5 Å². The maximum absolute atomic E-state index is 13.2. The number of pyridine rings is 1. The molecule has 5 rings (SSSR count). The van der Waals surface area contributed by atoms with E-state index in [1.165, 1.54) is 6.20 Å². The third kappa shape index (κ3) is 3.05. The molecule has 0 aliphatic heterocycles. The highest BCUT2D eigenvalue weighted by atomic mass is 16.3. The van der Waals surface area contributed by atoms with Crippen molar-refractivity contribution in [2.24, 2.45) is 0 Å². The van der Waals surface area contributed by atoms with Crippen molar-refractivity contribution in [3.63, 3.8) is 0 Å². The van der Waals surface area contributed by atoms with Gasteiger partial charge in [-0.2, -0.15) is 10.1 Å². The first-order valence-corrected chi connectivity index (χ1v) is 9.81. The molecule has 1 saturated carbocycles. The number of nitrogens with zero attached hydrogens (tertiary/aromatic N) is 4. The molecule has 0 amide bonds. The number of fused-ring (bicyclic) bond motifs is 3. The van der Waals surface area contributed by atoms with Gasteiger partial charge in [-0.3, -0.25) is 14.5 Å². The quantitative estimate of drug-likeness (QED) is 0.496. The summed E-state index contributed by atoms with van der Waals surface area (Å²) in [6.07, 6.45) is 6.20. The van der Waals surface area contributed by atoms with Crippen LogP contribution in [0.2, 0.25) is 0 Å². The minimum absolute atomic E-state index is 0.177. The Hall–Kier alpha value is -3.26. The largest absolute Gasteiger partial charge is 0.393 e. The summed E-state index contributed by atoms with van der Waals surface area (Å²) in [5, 5.41) is 21.4. The zero-order chi connectivity index (χ0) is 20.0. The summed E-state index contributed by atoms with van der Waals surface area (Å²) in [7, 11) is 0. The Kier molecular flexibility index (Phi) is 4.09. The van der Waals surface area contributed by atoms with Gasteiger partial charge < -0.3 is 10.4 Å². The molecule has 1 aliphatic rings. The van der Waals surface area contributed by atoms with Crippen molar-refractivity contribution in [1.29, 1.82) is 0 Å². The van der Waals surface area contributed by atoms with Gasteiger partial charge in [0.05, 0.1) is 34.3 Å². The van der Waals surface area contributed by atoms with Gasteiger partial charge in [0, 0.05) is 11.7 Å².